The van der Waals surface area contributed by atoms with Gasteiger partial charge in [0.05, 0.1) is 9.47 Å². The van der Waals surface area contributed by atoms with Gasteiger partial charge in [0.15, 0.2) is 0 Å². The SMILES string of the molecule is CC.CC(C)(C)c1ccc(OP)c(C(C)(C)C)c1. The highest BCUT2D eigenvalue weighted by Crippen LogP contribution is 2.35. The number of hydrogen-bond donors (Lipinski definition) is 0. The van der Waals surface area contributed by atoms with Crippen LogP contribution in [0, 0.1) is 0 Å². The molecule has 0 spiro atoms. The average Bonchev–Trinajstić information content (AvgIpc) is 2.28. The van der Waals surface area contributed by atoms with Gasteiger partial charge < -0.3 is 4.52 Å². The Morgan fingerprint density at radius 1 is 0.889 bits per heavy atom. The minimum Gasteiger partial charge on any atom is -0.480 e. The summed E-state index contributed by atoms with van der Waals surface area (Å²) < 4.78 is 5.36. The summed E-state index contributed by atoms with van der Waals surface area (Å²) in [6.45, 7) is 17.3. The van der Waals surface area contributed by atoms with Gasteiger partial charge in [0.25, 0.3) is 0 Å². The number of hydrogen-bond acceptors (Lipinski definition) is 1. The van der Waals surface area contributed by atoms with Gasteiger partial charge in [0.1, 0.15) is 5.75 Å². The van der Waals surface area contributed by atoms with Crippen LogP contribution in [0.3, 0.4) is 0 Å². The van der Waals surface area contributed by atoms with Gasteiger partial charge >= 0.3 is 0 Å². The summed E-state index contributed by atoms with van der Waals surface area (Å²) in [7, 11) is 2.33. The van der Waals surface area contributed by atoms with Crippen LogP contribution in [0.15, 0.2) is 18.2 Å². The Morgan fingerprint density at radius 2 is 1.39 bits per heavy atom. The van der Waals surface area contributed by atoms with Crippen molar-refractivity contribution in [2.45, 2.75) is 66.2 Å². The summed E-state index contributed by atoms with van der Waals surface area (Å²) >= 11 is 0. The average molecular weight is 268 g/mol. The lowest BCUT2D eigenvalue weighted by atomic mass is 9.80. The minimum absolute atomic E-state index is 0.104. The standard InChI is InChI=1S/C14H23OP.C2H6/c1-13(2,3)10-7-8-12(15-16)11(9-10)14(4,5)6;1-2/h7-9H,16H2,1-6H3;1-2H3. The highest BCUT2D eigenvalue weighted by Gasteiger charge is 2.22. The topological polar surface area (TPSA) is 9.23 Å². The van der Waals surface area contributed by atoms with Gasteiger partial charge in [-0.25, -0.2) is 0 Å². The van der Waals surface area contributed by atoms with Crippen molar-refractivity contribution in [2.75, 3.05) is 0 Å². The Bertz CT molecular complexity index is 370. The molecule has 0 N–H and O–H groups in total. The molecular formula is C16H29OP. The lowest BCUT2D eigenvalue weighted by Crippen LogP contribution is -2.16. The molecule has 0 radical (unpaired) electrons. The monoisotopic (exact) mass is 268 g/mol. The van der Waals surface area contributed by atoms with Crippen LogP contribution < -0.4 is 4.52 Å². The Balaban J connectivity index is 0.00000137. The summed E-state index contributed by atoms with van der Waals surface area (Å²) in [6, 6.07) is 6.47. The first-order chi connectivity index (χ1) is 8.16. The van der Waals surface area contributed by atoms with E-state index in [1.54, 1.807) is 0 Å². The summed E-state index contributed by atoms with van der Waals surface area (Å²) in [4.78, 5) is 0. The predicted octanol–water partition coefficient (Wildman–Crippen LogP) is 5.48. The Hall–Kier alpha value is -0.550. The molecule has 0 bridgehead atoms. The molecule has 0 aromatic heterocycles. The van der Waals surface area contributed by atoms with E-state index < -0.39 is 0 Å². The van der Waals surface area contributed by atoms with Crippen LogP contribution in [0.2, 0.25) is 0 Å². The van der Waals surface area contributed by atoms with Crippen LogP contribution >= 0.6 is 9.47 Å². The number of benzene rings is 1. The molecule has 1 unspecified atom stereocenters. The van der Waals surface area contributed by atoms with Crippen molar-refractivity contribution in [3.8, 4) is 5.75 Å². The Kier molecular flexibility index (Phi) is 6.37. The molecule has 18 heavy (non-hydrogen) atoms. The highest BCUT2D eigenvalue weighted by atomic mass is 31.0. The van der Waals surface area contributed by atoms with Gasteiger partial charge in [-0.05, 0) is 22.5 Å². The summed E-state index contributed by atoms with van der Waals surface area (Å²) in [5.74, 6) is 0.950. The van der Waals surface area contributed by atoms with Crippen LogP contribution in [0.5, 0.6) is 5.75 Å². The predicted molar refractivity (Wildman–Crippen MR) is 85.5 cm³/mol. The third kappa shape index (κ3) is 4.61. The summed E-state index contributed by atoms with van der Waals surface area (Å²) in [5.41, 5.74) is 2.89. The molecule has 0 saturated heterocycles. The molecule has 2 heteroatoms. The van der Waals surface area contributed by atoms with Crippen molar-refractivity contribution in [3.05, 3.63) is 29.3 Å². The molecule has 0 amide bonds. The first-order valence-electron chi connectivity index (χ1n) is 6.68. The number of rotatable bonds is 1. The third-order valence-corrected chi connectivity index (χ3v) is 3.03. The molecule has 0 aliphatic heterocycles. The van der Waals surface area contributed by atoms with Gasteiger partial charge in [0.2, 0.25) is 0 Å². The molecule has 0 fully saturated rings. The van der Waals surface area contributed by atoms with E-state index in [4.69, 9.17) is 4.52 Å². The molecule has 0 heterocycles. The molecule has 104 valence electrons. The van der Waals surface area contributed by atoms with Gasteiger partial charge in [-0.1, -0.05) is 67.5 Å². The van der Waals surface area contributed by atoms with E-state index in [1.807, 2.05) is 13.8 Å². The Labute approximate surface area is 116 Å². The van der Waals surface area contributed by atoms with Crippen LogP contribution in [0.25, 0.3) is 0 Å². The van der Waals surface area contributed by atoms with Crippen LogP contribution in [-0.2, 0) is 10.8 Å². The third-order valence-electron chi connectivity index (χ3n) is 2.78. The van der Waals surface area contributed by atoms with E-state index >= 15 is 0 Å². The quantitative estimate of drug-likeness (QED) is 0.613. The molecule has 0 saturated carbocycles. The molecule has 1 nitrogen and oxygen atoms in total. The van der Waals surface area contributed by atoms with Crippen molar-refractivity contribution in [3.63, 3.8) is 0 Å². The van der Waals surface area contributed by atoms with Gasteiger partial charge in [-0.2, -0.15) is 0 Å². The van der Waals surface area contributed by atoms with E-state index in [0.717, 1.165) is 5.75 Å². The first-order valence-corrected chi connectivity index (χ1v) is 7.15. The maximum atomic E-state index is 5.36. The molecule has 1 aromatic rings. The molecule has 1 atom stereocenters. The van der Waals surface area contributed by atoms with Crippen LogP contribution in [0.4, 0.5) is 0 Å². The van der Waals surface area contributed by atoms with E-state index in [1.165, 1.54) is 11.1 Å². The van der Waals surface area contributed by atoms with E-state index in [9.17, 15) is 0 Å². The van der Waals surface area contributed by atoms with Crippen LogP contribution in [0.1, 0.15) is 66.5 Å². The molecule has 0 aliphatic carbocycles. The van der Waals surface area contributed by atoms with Crippen molar-refractivity contribution in [1.82, 2.24) is 0 Å². The first kappa shape index (κ1) is 17.4. The zero-order valence-electron chi connectivity index (χ0n) is 13.2. The van der Waals surface area contributed by atoms with Crippen molar-refractivity contribution in [2.24, 2.45) is 0 Å². The normalized spacial score (nSPS) is 11.6. The zero-order chi connectivity index (χ0) is 14.6. The second kappa shape index (κ2) is 6.57. The fraction of sp³-hybridized carbons (Fsp3) is 0.625. The smallest absolute Gasteiger partial charge is 0.126 e. The molecule has 1 rings (SSSR count). The lowest BCUT2D eigenvalue weighted by molar-refractivity contribution is 0.536. The highest BCUT2D eigenvalue weighted by molar-refractivity contribution is 7.10. The second-order valence-corrected chi connectivity index (χ2v) is 6.56. The van der Waals surface area contributed by atoms with Gasteiger partial charge in [0, 0.05) is 5.56 Å². The van der Waals surface area contributed by atoms with E-state index in [-0.39, 0.29) is 10.8 Å². The van der Waals surface area contributed by atoms with Crippen molar-refractivity contribution >= 4 is 9.47 Å². The van der Waals surface area contributed by atoms with Gasteiger partial charge in [-0.3, -0.25) is 0 Å². The Morgan fingerprint density at radius 3 is 1.72 bits per heavy atom. The fourth-order valence-electron chi connectivity index (χ4n) is 1.69. The molecular weight excluding hydrogens is 239 g/mol. The maximum Gasteiger partial charge on any atom is 0.126 e. The minimum atomic E-state index is 0.104. The van der Waals surface area contributed by atoms with E-state index in [0.29, 0.717) is 0 Å². The molecule has 0 aliphatic rings. The molecule has 1 aromatic carbocycles. The van der Waals surface area contributed by atoms with Crippen molar-refractivity contribution < 1.29 is 4.52 Å². The van der Waals surface area contributed by atoms with Crippen molar-refractivity contribution in [1.29, 1.82) is 0 Å². The summed E-state index contributed by atoms with van der Waals surface area (Å²) in [6.07, 6.45) is 0. The lowest BCUT2D eigenvalue weighted by Gasteiger charge is -2.26. The van der Waals surface area contributed by atoms with Crippen LogP contribution in [-0.4, -0.2) is 0 Å². The second-order valence-electron chi connectivity index (χ2n) is 6.33. The van der Waals surface area contributed by atoms with Gasteiger partial charge in [-0.15, -0.1) is 0 Å². The zero-order valence-corrected chi connectivity index (χ0v) is 14.4. The largest absolute Gasteiger partial charge is 0.480 e. The summed E-state index contributed by atoms with van der Waals surface area (Å²) in [5, 5.41) is 0. The fourth-order valence-corrected chi connectivity index (χ4v) is 1.89. The van der Waals surface area contributed by atoms with E-state index in [2.05, 4.69) is 69.2 Å². The maximum absolute atomic E-state index is 5.36.